The van der Waals surface area contributed by atoms with Crippen LogP contribution in [0.1, 0.15) is 12.5 Å². The molecule has 1 aromatic carbocycles. The van der Waals surface area contributed by atoms with E-state index in [2.05, 4.69) is 9.71 Å². The molecular weight excluding hydrogens is 335 g/mol. The summed E-state index contributed by atoms with van der Waals surface area (Å²) in [6, 6.07) is 3.89. The van der Waals surface area contributed by atoms with Crippen molar-refractivity contribution in [1.82, 2.24) is 4.31 Å². The number of hydrogen-bond acceptors (Lipinski definition) is 3. The predicted octanol–water partition coefficient (Wildman–Crippen LogP) is 2.18. The Kier molecular flexibility index (Phi) is 4.20. The highest BCUT2D eigenvalue weighted by molar-refractivity contribution is 7.88. The van der Waals surface area contributed by atoms with Gasteiger partial charge in [-0.1, -0.05) is 0 Å². The lowest BCUT2D eigenvalue weighted by molar-refractivity contribution is -0.137. The van der Waals surface area contributed by atoms with Gasteiger partial charge in [-0.3, -0.25) is 9.10 Å². The molecule has 0 aromatic heterocycles. The number of benzene rings is 1. The lowest BCUT2D eigenvalue weighted by atomic mass is 10.1. The van der Waals surface area contributed by atoms with E-state index < -0.39 is 27.9 Å². The average Bonchev–Trinajstić information content (AvgIpc) is 2.42. The maximum atomic E-state index is 12.5. The van der Waals surface area contributed by atoms with Crippen molar-refractivity contribution >= 4 is 27.5 Å². The Labute approximate surface area is 130 Å². The Morgan fingerprint density at radius 3 is 2.30 bits per heavy atom. The van der Waals surface area contributed by atoms with Crippen LogP contribution in [0, 0.1) is 0 Å². The Morgan fingerprint density at radius 1 is 1.22 bits per heavy atom. The highest BCUT2D eigenvalue weighted by Gasteiger charge is 2.30. The standard InChI is InChI=1S/C13H12F3N3O3S/c1-8-11(7-19(2)23(21,22)18-8)12(20)17-10-5-3-9(4-6-10)13(14,15)16/h3-7H,1-2H3,(H,17,20). The predicted molar refractivity (Wildman–Crippen MR) is 77.9 cm³/mol. The zero-order valence-corrected chi connectivity index (χ0v) is 12.9. The Balaban J connectivity index is 2.19. The maximum absolute atomic E-state index is 12.5. The molecule has 0 unspecified atom stereocenters. The van der Waals surface area contributed by atoms with Gasteiger partial charge in [0.1, 0.15) is 0 Å². The second kappa shape index (κ2) is 5.69. The molecule has 1 amide bonds. The van der Waals surface area contributed by atoms with E-state index in [0.29, 0.717) is 0 Å². The van der Waals surface area contributed by atoms with Crippen LogP contribution >= 0.6 is 0 Å². The van der Waals surface area contributed by atoms with Crippen LogP contribution in [0.2, 0.25) is 0 Å². The second-order valence-electron chi connectivity index (χ2n) is 4.74. The first-order valence-corrected chi connectivity index (χ1v) is 7.66. The molecule has 0 atom stereocenters. The van der Waals surface area contributed by atoms with Crippen molar-refractivity contribution in [2.75, 3.05) is 12.4 Å². The third kappa shape index (κ3) is 3.70. The molecule has 23 heavy (non-hydrogen) atoms. The largest absolute Gasteiger partial charge is 0.416 e. The third-order valence-electron chi connectivity index (χ3n) is 3.03. The summed E-state index contributed by atoms with van der Waals surface area (Å²) in [4.78, 5) is 12.1. The normalized spacial score (nSPS) is 17.3. The number of rotatable bonds is 2. The van der Waals surface area contributed by atoms with Gasteiger partial charge in [-0.2, -0.15) is 21.6 Å². The fourth-order valence-electron chi connectivity index (χ4n) is 1.79. The molecule has 0 saturated carbocycles. The zero-order valence-electron chi connectivity index (χ0n) is 12.0. The summed E-state index contributed by atoms with van der Waals surface area (Å²) < 4.78 is 64.6. The molecular formula is C13H12F3N3O3S. The molecule has 0 fully saturated rings. The van der Waals surface area contributed by atoms with Crippen molar-refractivity contribution in [3.63, 3.8) is 0 Å². The van der Waals surface area contributed by atoms with Gasteiger partial charge in [0.05, 0.1) is 16.8 Å². The van der Waals surface area contributed by atoms with Gasteiger partial charge >= 0.3 is 16.4 Å². The molecule has 6 nitrogen and oxygen atoms in total. The number of alkyl halides is 3. The van der Waals surface area contributed by atoms with Gasteiger partial charge in [-0.15, -0.1) is 4.40 Å². The minimum atomic E-state index is -4.46. The summed E-state index contributed by atoms with van der Waals surface area (Å²) in [7, 11) is -2.61. The van der Waals surface area contributed by atoms with E-state index >= 15 is 0 Å². The number of halogens is 3. The van der Waals surface area contributed by atoms with Crippen LogP contribution in [0.5, 0.6) is 0 Å². The summed E-state index contributed by atoms with van der Waals surface area (Å²) in [6.45, 7) is 1.35. The first kappa shape index (κ1) is 17.0. The second-order valence-corrected chi connectivity index (χ2v) is 6.40. The highest BCUT2D eigenvalue weighted by Crippen LogP contribution is 2.30. The number of carbonyl (C=O) groups excluding carboxylic acids is 1. The van der Waals surface area contributed by atoms with E-state index in [1.54, 1.807) is 0 Å². The Hall–Kier alpha value is -2.36. The number of nitrogens with one attached hydrogen (secondary N) is 1. The molecule has 1 aromatic rings. The topological polar surface area (TPSA) is 78.8 Å². The van der Waals surface area contributed by atoms with Crippen LogP contribution in [-0.2, 0) is 21.2 Å². The van der Waals surface area contributed by atoms with E-state index in [-0.39, 0.29) is 17.0 Å². The van der Waals surface area contributed by atoms with E-state index in [1.165, 1.54) is 14.0 Å². The van der Waals surface area contributed by atoms with Crippen LogP contribution < -0.4 is 5.32 Å². The molecule has 0 radical (unpaired) electrons. The van der Waals surface area contributed by atoms with E-state index in [1.807, 2.05) is 0 Å². The maximum Gasteiger partial charge on any atom is 0.416 e. The summed E-state index contributed by atoms with van der Waals surface area (Å²) in [5.74, 6) is -0.673. The monoisotopic (exact) mass is 347 g/mol. The van der Waals surface area contributed by atoms with Gasteiger partial charge in [0.2, 0.25) is 0 Å². The number of hydrogen-bond donors (Lipinski definition) is 1. The van der Waals surface area contributed by atoms with E-state index in [4.69, 9.17) is 0 Å². The Morgan fingerprint density at radius 2 is 1.78 bits per heavy atom. The molecule has 0 saturated heterocycles. The minimum absolute atomic E-state index is 0.00206. The minimum Gasteiger partial charge on any atom is -0.322 e. The first-order valence-electron chi connectivity index (χ1n) is 6.26. The van der Waals surface area contributed by atoms with Gasteiger partial charge in [-0.05, 0) is 31.2 Å². The molecule has 1 aliphatic rings. The quantitative estimate of drug-likeness (QED) is 0.891. The number of amides is 1. The highest BCUT2D eigenvalue weighted by atomic mass is 32.2. The zero-order chi connectivity index (χ0) is 17.4. The molecule has 0 bridgehead atoms. The molecule has 10 heteroatoms. The van der Waals surface area contributed by atoms with Crippen molar-refractivity contribution in [1.29, 1.82) is 0 Å². The van der Waals surface area contributed by atoms with Crippen LogP contribution in [0.3, 0.4) is 0 Å². The van der Waals surface area contributed by atoms with Crippen LogP contribution in [-0.4, -0.2) is 31.4 Å². The van der Waals surface area contributed by atoms with Gasteiger partial charge in [0.25, 0.3) is 5.91 Å². The number of carbonyl (C=O) groups is 1. The van der Waals surface area contributed by atoms with Crippen molar-refractivity contribution in [3.05, 3.63) is 41.6 Å². The Bertz CT molecular complexity index is 796. The SMILES string of the molecule is CC1=NS(=O)(=O)N(C)C=C1C(=O)Nc1ccc(C(F)(F)F)cc1. The van der Waals surface area contributed by atoms with Gasteiger partial charge in [0.15, 0.2) is 0 Å². The fourth-order valence-corrected chi connectivity index (χ4v) is 2.60. The molecule has 0 spiro atoms. The summed E-state index contributed by atoms with van der Waals surface area (Å²) in [6.07, 6.45) is -3.37. The average molecular weight is 347 g/mol. The summed E-state index contributed by atoms with van der Waals surface area (Å²) in [5.41, 5.74) is -0.696. The van der Waals surface area contributed by atoms with Gasteiger partial charge in [0, 0.05) is 18.9 Å². The molecule has 0 aliphatic carbocycles. The molecule has 1 aliphatic heterocycles. The van der Waals surface area contributed by atoms with Crippen molar-refractivity contribution in [2.24, 2.45) is 4.40 Å². The lowest BCUT2D eigenvalue weighted by Crippen LogP contribution is -2.30. The van der Waals surface area contributed by atoms with Crippen LogP contribution in [0.4, 0.5) is 18.9 Å². The summed E-state index contributed by atoms with van der Waals surface area (Å²) >= 11 is 0. The van der Waals surface area contributed by atoms with E-state index in [9.17, 15) is 26.4 Å². The molecule has 2 rings (SSSR count). The lowest BCUT2D eigenvalue weighted by Gasteiger charge is -2.19. The third-order valence-corrected chi connectivity index (χ3v) is 4.37. The van der Waals surface area contributed by atoms with Crippen molar-refractivity contribution < 1.29 is 26.4 Å². The van der Waals surface area contributed by atoms with Crippen LogP contribution in [0.25, 0.3) is 0 Å². The summed E-state index contributed by atoms with van der Waals surface area (Å²) in [5, 5.41) is 2.39. The van der Waals surface area contributed by atoms with Crippen LogP contribution in [0.15, 0.2) is 40.4 Å². The van der Waals surface area contributed by atoms with E-state index in [0.717, 1.165) is 34.8 Å². The molecule has 124 valence electrons. The van der Waals surface area contributed by atoms with Gasteiger partial charge < -0.3 is 5.32 Å². The molecule has 1 N–H and O–H groups in total. The number of anilines is 1. The smallest absolute Gasteiger partial charge is 0.322 e. The van der Waals surface area contributed by atoms with Gasteiger partial charge in [-0.25, -0.2) is 0 Å². The fraction of sp³-hybridized carbons (Fsp3) is 0.231. The van der Waals surface area contributed by atoms with Crippen molar-refractivity contribution in [2.45, 2.75) is 13.1 Å². The number of nitrogens with zero attached hydrogens (tertiary/aromatic N) is 2. The molecule has 1 heterocycles. The first-order chi connectivity index (χ1) is 10.5. The van der Waals surface area contributed by atoms with Crippen molar-refractivity contribution in [3.8, 4) is 0 Å².